The van der Waals surface area contributed by atoms with Crippen LogP contribution in [0.3, 0.4) is 0 Å². The highest BCUT2D eigenvalue weighted by molar-refractivity contribution is 6.37. The number of hydrogen-bond donors (Lipinski definition) is 4. The van der Waals surface area contributed by atoms with Gasteiger partial charge in [-0.15, -0.1) is 0 Å². The number of hydrogen-bond acceptors (Lipinski definition) is 7. The maximum atomic E-state index is 14.0. The average Bonchev–Trinajstić information content (AvgIpc) is 3.59. The van der Waals surface area contributed by atoms with Gasteiger partial charge in [-0.3, -0.25) is 33.7 Å². The van der Waals surface area contributed by atoms with Crippen LogP contribution in [0, 0.1) is 16.7 Å². The number of likely N-dealkylation sites (tertiary alicyclic amines) is 1. The average molecular weight is 697 g/mol. The van der Waals surface area contributed by atoms with Crippen LogP contribution in [0.1, 0.15) is 121 Å². The van der Waals surface area contributed by atoms with Crippen molar-refractivity contribution in [3.63, 3.8) is 0 Å². The normalized spacial score (nSPS) is 19.3. The first kappa shape index (κ1) is 40.1. The van der Waals surface area contributed by atoms with Crippen molar-refractivity contribution in [2.75, 3.05) is 13.1 Å². The second kappa shape index (κ2) is 16.6. The minimum Gasteiger partial charge on any atom is -0.363 e. The van der Waals surface area contributed by atoms with Gasteiger partial charge in [-0.25, -0.2) is 4.79 Å². The molecule has 50 heavy (non-hydrogen) atoms. The molecular weight excluding hydrogens is 640 g/mol. The molecule has 1 aromatic carbocycles. The molecule has 1 aromatic rings. The number of primary amides is 1. The molecule has 276 valence electrons. The van der Waals surface area contributed by atoms with Crippen LogP contribution in [-0.2, 0) is 19.2 Å². The fraction of sp³-hybridized carbons (Fsp3) is 0.649. The Morgan fingerprint density at radius 1 is 0.840 bits per heavy atom. The molecule has 0 radical (unpaired) electrons. The first-order valence-corrected chi connectivity index (χ1v) is 17.8. The second-order valence-corrected chi connectivity index (χ2v) is 15.8. The molecule has 5 N–H and O–H groups in total. The van der Waals surface area contributed by atoms with Gasteiger partial charge in [0, 0.05) is 6.54 Å². The van der Waals surface area contributed by atoms with Gasteiger partial charge in [0.15, 0.2) is 0 Å². The monoisotopic (exact) mass is 696 g/mol. The van der Waals surface area contributed by atoms with Crippen LogP contribution < -0.4 is 21.7 Å². The summed E-state index contributed by atoms with van der Waals surface area (Å²) in [6.45, 7) is 15.4. The number of rotatable bonds is 11. The van der Waals surface area contributed by atoms with E-state index in [1.165, 1.54) is 11.3 Å². The second-order valence-electron chi connectivity index (χ2n) is 15.8. The topological polar surface area (TPSA) is 188 Å². The first-order valence-electron chi connectivity index (χ1n) is 17.8. The fourth-order valence-electron chi connectivity index (χ4n) is 6.31. The van der Waals surface area contributed by atoms with Crippen LogP contribution in [-0.4, -0.2) is 88.4 Å². The minimum absolute atomic E-state index is 0.0716. The van der Waals surface area contributed by atoms with E-state index in [2.05, 4.69) is 29.8 Å². The van der Waals surface area contributed by atoms with E-state index < -0.39 is 76.3 Å². The molecule has 7 amide bonds. The highest BCUT2D eigenvalue weighted by Crippen LogP contribution is 2.32. The molecule has 1 saturated carbocycles. The lowest BCUT2D eigenvalue weighted by atomic mass is 9.80. The van der Waals surface area contributed by atoms with Crippen LogP contribution in [0.15, 0.2) is 24.3 Å². The number of carbonyl (C=O) groups excluding carboxylic acids is 7. The summed E-state index contributed by atoms with van der Waals surface area (Å²) in [6, 6.07) is 2.24. The molecule has 13 heteroatoms. The summed E-state index contributed by atoms with van der Waals surface area (Å²) in [5, 5.41) is 8.37. The number of fused-ring (bicyclic) bond motifs is 1. The van der Waals surface area contributed by atoms with Gasteiger partial charge in [0.2, 0.25) is 17.6 Å². The van der Waals surface area contributed by atoms with Gasteiger partial charge in [0.25, 0.3) is 17.7 Å². The third-order valence-electron chi connectivity index (χ3n) is 9.49. The summed E-state index contributed by atoms with van der Waals surface area (Å²) in [6.07, 6.45) is 5.29. The Morgan fingerprint density at radius 2 is 1.40 bits per heavy atom. The Bertz CT molecular complexity index is 1420. The largest absolute Gasteiger partial charge is 0.363 e. The number of imide groups is 1. The van der Waals surface area contributed by atoms with E-state index in [0.29, 0.717) is 30.4 Å². The molecule has 3 aliphatic rings. The van der Waals surface area contributed by atoms with Crippen molar-refractivity contribution in [2.45, 2.75) is 125 Å². The number of benzene rings is 1. The van der Waals surface area contributed by atoms with Crippen molar-refractivity contribution in [3.05, 3.63) is 35.4 Å². The zero-order valence-corrected chi connectivity index (χ0v) is 30.9. The van der Waals surface area contributed by atoms with Gasteiger partial charge >= 0.3 is 6.03 Å². The van der Waals surface area contributed by atoms with Crippen LogP contribution in [0.4, 0.5) is 4.79 Å². The van der Waals surface area contributed by atoms with Crippen molar-refractivity contribution >= 4 is 41.4 Å². The van der Waals surface area contributed by atoms with Crippen molar-refractivity contribution in [1.82, 2.24) is 25.8 Å². The number of ketones is 1. The molecule has 1 saturated heterocycles. The number of Topliss-reactive ketones (excluding diaryl/α,β-unsaturated/α-hetero) is 1. The van der Waals surface area contributed by atoms with Crippen molar-refractivity contribution < 1.29 is 33.6 Å². The van der Waals surface area contributed by atoms with Gasteiger partial charge < -0.3 is 26.6 Å². The predicted octanol–water partition coefficient (Wildman–Crippen LogP) is 3.55. The maximum absolute atomic E-state index is 14.0. The smallest absolute Gasteiger partial charge is 0.315 e. The molecule has 4 unspecified atom stereocenters. The lowest BCUT2D eigenvalue weighted by Gasteiger charge is -2.37. The molecule has 0 aromatic heterocycles. The Labute approximate surface area is 295 Å². The van der Waals surface area contributed by atoms with Crippen molar-refractivity contribution in [2.24, 2.45) is 22.5 Å². The van der Waals surface area contributed by atoms with Gasteiger partial charge in [-0.05, 0) is 48.1 Å². The first-order chi connectivity index (χ1) is 23.3. The number of urea groups is 1. The molecule has 13 nitrogen and oxygen atoms in total. The number of nitrogens with two attached hydrogens (primary N) is 1. The number of carbonyl (C=O) groups is 7. The molecular formula is C37H56N6O7. The lowest BCUT2D eigenvalue weighted by Crippen LogP contribution is -2.62. The SMILES string of the molecule is CC(C)(C)C(CN1C(=O)c2ccccc2C1=O)NC(=O)NC(C(=O)N1CCCC1C(=O)NC(CC1CCC1)C(=O)C(N)=O)C(C)(C)C.CCC. The van der Waals surface area contributed by atoms with Gasteiger partial charge in [-0.1, -0.05) is 93.2 Å². The quantitative estimate of drug-likeness (QED) is 0.201. The summed E-state index contributed by atoms with van der Waals surface area (Å²) in [5.74, 6) is -3.64. The lowest BCUT2D eigenvalue weighted by molar-refractivity contribution is -0.143. The molecule has 0 spiro atoms. The van der Waals surface area contributed by atoms with Gasteiger partial charge in [0.05, 0.1) is 29.8 Å². The fourth-order valence-corrected chi connectivity index (χ4v) is 6.31. The Balaban J connectivity index is 0.00000217. The van der Waals surface area contributed by atoms with Crippen molar-refractivity contribution in [1.29, 1.82) is 0 Å². The zero-order chi connectivity index (χ0) is 37.6. The molecule has 4 atom stereocenters. The highest BCUT2D eigenvalue weighted by atomic mass is 16.2. The highest BCUT2D eigenvalue weighted by Gasteiger charge is 2.44. The van der Waals surface area contributed by atoms with Gasteiger partial charge in [-0.2, -0.15) is 0 Å². The Hall–Kier alpha value is -4.29. The van der Waals surface area contributed by atoms with E-state index in [9.17, 15) is 33.6 Å². The number of nitrogens with one attached hydrogen (secondary N) is 3. The molecule has 1 aliphatic carbocycles. The zero-order valence-electron chi connectivity index (χ0n) is 30.9. The molecule has 2 heterocycles. The van der Waals surface area contributed by atoms with E-state index >= 15 is 0 Å². The van der Waals surface area contributed by atoms with E-state index in [1.807, 2.05) is 20.8 Å². The molecule has 2 fully saturated rings. The van der Waals surface area contributed by atoms with Crippen LogP contribution in [0.5, 0.6) is 0 Å². The standard InChI is InChI=1S/C34H48N6O7.C3H8/c1-33(2,3)24(18-40-29(44)20-13-7-8-14-21(20)30(40)45)37-32(47)38-26(34(4,5)6)31(46)39-16-10-15-23(39)28(43)36-22(25(41)27(35)42)17-19-11-9-12-19;1-3-2/h7-8,13-14,19,22-24,26H,9-12,15-18H2,1-6H3,(H2,35,42)(H,36,43)(H2,37,38,47);3H2,1-2H3. The molecule has 2 aliphatic heterocycles. The molecule has 0 bridgehead atoms. The van der Waals surface area contributed by atoms with Crippen LogP contribution in [0.2, 0.25) is 0 Å². The summed E-state index contributed by atoms with van der Waals surface area (Å²) >= 11 is 0. The molecule has 4 rings (SSSR count). The third-order valence-corrected chi connectivity index (χ3v) is 9.49. The summed E-state index contributed by atoms with van der Waals surface area (Å²) in [7, 11) is 0. The summed E-state index contributed by atoms with van der Waals surface area (Å²) in [4.78, 5) is 93.9. The van der Waals surface area contributed by atoms with E-state index in [0.717, 1.165) is 24.2 Å². The number of nitrogens with zero attached hydrogens (tertiary/aromatic N) is 2. The summed E-state index contributed by atoms with van der Waals surface area (Å²) in [5.41, 5.74) is 4.54. The number of amides is 7. The summed E-state index contributed by atoms with van der Waals surface area (Å²) < 4.78 is 0. The van der Waals surface area contributed by atoms with Crippen molar-refractivity contribution in [3.8, 4) is 0 Å². The third kappa shape index (κ3) is 9.69. The van der Waals surface area contributed by atoms with E-state index in [4.69, 9.17) is 5.73 Å². The van der Waals surface area contributed by atoms with E-state index in [-0.39, 0.29) is 19.0 Å². The maximum Gasteiger partial charge on any atom is 0.315 e. The Morgan fingerprint density at radius 3 is 1.86 bits per heavy atom. The predicted molar refractivity (Wildman–Crippen MR) is 189 cm³/mol. The minimum atomic E-state index is -1.12. The Kier molecular flexibility index (Phi) is 13.3. The van der Waals surface area contributed by atoms with Gasteiger partial charge in [0.1, 0.15) is 12.1 Å². The van der Waals surface area contributed by atoms with Crippen LogP contribution in [0.25, 0.3) is 0 Å². The van der Waals surface area contributed by atoms with Crippen LogP contribution >= 0.6 is 0 Å². The van der Waals surface area contributed by atoms with E-state index in [1.54, 1.807) is 45.0 Å².